The van der Waals surface area contributed by atoms with E-state index >= 15 is 0 Å². The second-order valence-electron chi connectivity index (χ2n) is 15.1. The highest BCUT2D eigenvalue weighted by Gasteiger charge is 2.17. The van der Waals surface area contributed by atoms with Gasteiger partial charge in [0, 0.05) is 104 Å². The van der Waals surface area contributed by atoms with Crippen molar-refractivity contribution in [2.24, 2.45) is 0 Å². The molecule has 9 heterocycles. The van der Waals surface area contributed by atoms with Crippen molar-refractivity contribution in [3.05, 3.63) is 164 Å². The molecule has 67 heavy (non-hydrogen) atoms. The Morgan fingerprint density at radius 2 is 1.24 bits per heavy atom. The number of aromatic amines is 3. The monoisotopic (exact) mass is 880 g/mol. The number of hydrogen-bond acceptors (Lipinski definition) is 11. The van der Waals surface area contributed by atoms with Crippen molar-refractivity contribution in [1.29, 1.82) is 0 Å². The fraction of sp³-hybridized carbons (Fsp3) is 0.113. The number of anilines is 2. The number of imidazole rings is 2. The minimum atomic E-state index is 0.654. The SMILES string of the molecule is C#C.CC.CNc1ccc(-c2cncc(N(C)C)c2)cc1Cc1nc2c(-c3ccccn3)cncc2[nH]1.c1ccc(-c2cncc3[nH]c(-c4n[nH]c5ccc(-c6cccnc6)cc45)nc23)nc1. The molecule has 0 radical (unpaired) electrons. The predicted octanol–water partition coefficient (Wildman–Crippen LogP) is 10.7. The van der Waals surface area contributed by atoms with Crippen molar-refractivity contribution >= 4 is 44.3 Å². The zero-order valence-corrected chi connectivity index (χ0v) is 37.8. The molecule has 330 valence electrons. The van der Waals surface area contributed by atoms with Crippen LogP contribution in [-0.2, 0) is 6.42 Å². The molecule has 0 aliphatic heterocycles. The van der Waals surface area contributed by atoms with Crippen molar-refractivity contribution in [3.63, 3.8) is 0 Å². The normalized spacial score (nSPS) is 10.6. The molecule has 0 unspecified atom stereocenters. The molecule has 2 aromatic carbocycles. The number of benzene rings is 2. The minimum absolute atomic E-state index is 0.654. The van der Waals surface area contributed by atoms with Gasteiger partial charge in [-0.15, -0.1) is 12.8 Å². The smallest absolute Gasteiger partial charge is 0.159 e. The summed E-state index contributed by atoms with van der Waals surface area (Å²) in [6.45, 7) is 4.00. The van der Waals surface area contributed by atoms with Crippen LogP contribution in [0.3, 0.4) is 0 Å². The zero-order chi connectivity index (χ0) is 46.7. The van der Waals surface area contributed by atoms with Crippen LogP contribution in [0.25, 0.3) is 89.3 Å². The number of H-pyrrole nitrogens is 3. The predicted molar refractivity (Wildman–Crippen MR) is 270 cm³/mol. The third-order valence-corrected chi connectivity index (χ3v) is 10.8. The van der Waals surface area contributed by atoms with E-state index in [1.807, 2.05) is 121 Å². The second kappa shape index (κ2) is 20.6. The van der Waals surface area contributed by atoms with Gasteiger partial charge < -0.3 is 20.2 Å². The van der Waals surface area contributed by atoms with Crippen LogP contribution < -0.4 is 10.2 Å². The highest BCUT2D eigenvalue weighted by atomic mass is 15.1. The first kappa shape index (κ1) is 44.5. The zero-order valence-electron chi connectivity index (χ0n) is 37.8. The molecule has 14 heteroatoms. The van der Waals surface area contributed by atoms with Crippen molar-refractivity contribution in [2.75, 3.05) is 31.4 Å². The molecule has 9 aromatic heterocycles. The average Bonchev–Trinajstić information content (AvgIpc) is 4.15. The number of aromatic nitrogens is 12. The largest absolute Gasteiger partial charge is 0.388 e. The Kier molecular flexibility index (Phi) is 13.7. The van der Waals surface area contributed by atoms with Gasteiger partial charge in [0.15, 0.2) is 5.82 Å². The Balaban J connectivity index is 0.000000170. The first-order valence-electron chi connectivity index (χ1n) is 21.6. The fourth-order valence-corrected chi connectivity index (χ4v) is 7.61. The summed E-state index contributed by atoms with van der Waals surface area (Å²) in [4.78, 5) is 44.9. The highest BCUT2D eigenvalue weighted by Crippen LogP contribution is 2.33. The Morgan fingerprint density at radius 1 is 0.582 bits per heavy atom. The van der Waals surface area contributed by atoms with E-state index in [4.69, 9.17) is 9.97 Å². The van der Waals surface area contributed by atoms with Crippen LogP contribution >= 0.6 is 0 Å². The van der Waals surface area contributed by atoms with Crippen LogP contribution in [0.1, 0.15) is 25.2 Å². The molecule has 0 spiro atoms. The van der Waals surface area contributed by atoms with Gasteiger partial charge in [-0.05, 0) is 77.4 Å². The molecule has 0 amide bonds. The van der Waals surface area contributed by atoms with E-state index in [1.54, 1.807) is 31.0 Å². The van der Waals surface area contributed by atoms with E-state index in [1.165, 1.54) is 0 Å². The van der Waals surface area contributed by atoms with E-state index < -0.39 is 0 Å². The lowest BCUT2D eigenvalue weighted by Gasteiger charge is -2.14. The summed E-state index contributed by atoms with van der Waals surface area (Å²) in [6.07, 6.45) is 26.8. The molecule has 14 nitrogen and oxygen atoms in total. The molecule has 0 atom stereocenters. The summed E-state index contributed by atoms with van der Waals surface area (Å²) in [5, 5.41) is 11.9. The number of nitrogens with one attached hydrogen (secondary N) is 4. The summed E-state index contributed by atoms with van der Waals surface area (Å²) >= 11 is 0. The van der Waals surface area contributed by atoms with Gasteiger partial charge in [-0.1, -0.05) is 44.2 Å². The summed E-state index contributed by atoms with van der Waals surface area (Å²) in [5.74, 6) is 1.56. The van der Waals surface area contributed by atoms with Crippen LogP contribution in [-0.4, -0.2) is 81.2 Å². The van der Waals surface area contributed by atoms with Crippen molar-refractivity contribution in [1.82, 2.24) is 60.0 Å². The number of nitrogens with zero attached hydrogens (tertiary/aromatic N) is 10. The standard InChI is InChI=1S/C26H25N7.C23H15N7.C2H6.C2H2/c1-27-22-8-7-17(19-11-20(33(2)3)14-28-13-19)10-18(22)12-25-31-24-16-29-15-21(26(24)32-25)23-6-4-5-9-30-23;1-2-9-26-18(5-1)17-12-25-13-20-21(17)28-23(27-20)22-16-10-14(6-7-19(16)29-30-22)15-4-3-8-24-11-15;2*1-2/h4-11,13-16,27H,12H2,1-3H3,(H,31,32);1-13H,(H,27,28)(H,29,30);1-2H3;1-2H. The summed E-state index contributed by atoms with van der Waals surface area (Å²) in [7, 11) is 5.98. The maximum atomic E-state index is 4.92. The average molecular weight is 881 g/mol. The van der Waals surface area contributed by atoms with Gasteiger partial charge in [0.1, 0.15) is 22.6 Å². The number of terminal acetylenes is 1. The van der Waals surface area contributed by atoms with Gasteiger partial charge in [-0.3, -0.25) is 35.0 Å². The molecule has 0 bridgehead atoms. The van der Waals surface area contributed by atoms with Crippen LogP contribution in [0.5, 0.6) is 0 Å². The highest BCUT2D eigenvalue weighted by molar-refractivity contribution is 5.98. The Labute approximate surface area is 388 Å². The lowest BCUT2D eigenvalue weighted by atomic mass is 10.0. The maximum absolute atomic E-state index is 4.92. The summed E-state index contributed by atoms with van der Waals surface area (Å²) in [6, 6.07) is 30.4. The van der Waals surface area contributed by atoms with Crippen molar-refractivity contribution < 1.29 is 0 Å². The molecule has 11 aromatic rings. The van der Waals surface area contributed by atoms with E-state index in [9.17, 15) is 0 Å². The fourth-order valence-electron chi connectivity index (χ4n) is 7.61. The summed E-state index contributed by atoms with van der Waals surface area (Å²) < 4.78 is 0. The molecule has 0 saturated carbocycles. The van der Waals surface area contributed by atoms with Gasteiger partial charge in [0.25, 0.3) is 0 Å². The third-order valence-electron chi connectivity index (χ3n) is 10.8. The Morgan fingerprint density at radius 3 is 1.90 bits per heavy atom. The number of fused-ring (bicyclic) bond motifs is 3. The Bertz CT molecular complexity index is 3390. The topological polar surface area (TPSA) is 179 Å². The van der Waals surface area contributed by atoms with Gasteiger partial charge >= 0.3 is 0 Å². The lowest BCUT2D eigenvalue weighted by Crippen LogP contribution is -2.08. The molecule has 11 rings (SSSR count). The first-order chi connectivity index (χ1) is 33.0. The molecular weight excluding hydrogens is 833 g/mol. The molecule has 0 aliphatic rings. The number of pyridine rings is 6. The second-order valence-corrected chi connectivity index (χ2v) is 15.1. The van der Waals surface area contributed by atoms with Gasteiger partial charge in [-0.25, -0.2) is 9.97 Å². The molecule has 0 aliphatic carbocycles. The van der Waals surface area contributed by atoms with Crippen LogP contribution in [0, 0.1) is 12.8 Å². The van der Waals surface area contributed by atoms with E-state index in [-0.39, 0.29) is 0 Å². The lowest BCUT2D eigenvalue weighted by molar-refractivity contribution is 1.04. The molecule has 0 fully saturated rings. The van der Waals surface area contributed by atoms with Crippen molar-refractivity contribution in [2.45, 2.75) is 20.3 Å². The van der Waals surface area contributed by atoms with Gasteiger partial charge in [0.2, 0.25) is 0 Å². The quantitative estimate of drug-likeness (QED) is 0.101. The van der Waals surface area contributed by atoms with E-state index in [2.05, 4.69) is 110 Å². The van der Waals surface area contributed by atoms with Gasteiger partial charge in [-0.2, -0.15) is 5.10 Å². The minimum Gasteiger partial charge on any atom is -0.388 e. The number of hydrogen-bond donors (Lipinski definition) is 4. The maximum Gasteiger partial charge on any atom is 0.159 e. The Hall–Kier alpha value is -9.09. The molecule has 0 saturated heterocycles. The molecular formula is C53H48N14. The summed E-state index contributed by atoms with van der Waals surface area (Å²) in [5.41, 5.74) is 16.3. The molecule has 4 N–H and O–H groups in total. The van der Waals surface area contributed by atoms with Crippen molar-refractivity contribution in [3.8, 4) is 69.1 Å². The third kappa shape index (κ3) is 9.57. The van der Waals surface area contributed by atoms with E-state index in [0.29, 0.717) is 12.2 Å². The van der Waals surface area contributed by atoms with Crippen LogP contribution in [0.15, 0.2) is 153 Å². The first-order valence-corrected chi connectivity index (χ1v) is 21.6. The van der Waals surface area contributed by atoms with Gasteiger partial charge in [0.05, 0.1) is 52.2 Å². The van der Waals surface area contributed by atoms with Crippen LogP contribution in [0.2, 0.25) is 0 Å². The van der Waals surface area contributed by atoms with E-state index in [0.717, 1.165) is 106 Å². The number of rotatable bonds is 9. The van der Waals surface area contributed by atoms with Crippen LogP contribution in [0.4, 0.5) is 11.4 Å².